The third-order valence-corrected chi connectivity index (χ3v) is 3.41. The summed E-state index contributed by atoms with van der Waals surface area (Å²) in [6, 6.07) is 0. The van der Waals surface area contributed by atoms with Crippen LogP contribution in [0, 0.1) is 5.41 Å². The Kier molecular flexibility index (Phi) is 9.70. The molecule has 0 saturated carbocycles. The quantitative estimate of drug-likeness (QED) is 0.577. The Balaban J connectivity index is 3.93. The number of rotatable bonds is 11. The van der Waals surface area contributed by atoms with Gasteiger partial charge in [-0.25, -0.2) is 0 Å². The molecule has 110 valence electrons. The van der Waals surface area contributed by atoms with E-state index in [2.05, 4.69) is 51.9 Å². The summed E-state index contributed by atoms with van der Waals surface area (Å²) in [6.07, 6.45) is 2.75. The second kappa shape index (κ2) is 9.76. The third-order valence-electron chi connectivity index (χ3n) is 3.41. The van der Waals surface area contributed by atoms with Crippen molar-refractivity contribution in [1.82, 2.24) is 10.2 Å². The molecule has 3 nitrogen and oxygen atoms in total. The minimum Gasteiger partial charge on any atom is -0.377 e. The smallest absolute Gasteiger partial charge is 0.0596 e. The van der Waals surface area contributed by atoms with E-state index in [0.717, 1.165) is 32.8 Å². The molecular formula is C15H34N2O. The van der Waals surface area contributed by atoms with E-state index in [0.29, 0.717) is 11.5 Å². The number of nitrogens with zero attached hydrogens (tertiary/aromatic N) is 1. The van der Waals surface area contributed by atoms with Crippen molar-refractivity contribution < 1.29 is 4.74 Å². The molecule has 0 rings (SSSR count). The third kappa shape index (κ3) is 8.90. The van der Waals surface area contributed by atoms with Crippen molar-refractivity contribution in [2.24, 2.45) is 5.41 Å². The molecule has 0 amide bonds. The lowest BCUT2D eigenvalue weighted by molar-refractivity contribution is 0.0552. The van der Waals surface area contributed by atoms with Crippen LogP contribution in [0.15, 0.2) is 0 Å². The van der Waals surface area contributed by atoms with Crippen LogP contribution < -0.4 is 5.32 Å². The van der Waals surface area contributed by atoms with Gasteiger partial charge < -0.3 is 15.0 Å². The van der Waals surface area contributed by atoms with Crippen molar-refractivity contribution in [3.8, 4) is 0 Å². The number of ether oxygens (including phenoxy) is 1. The van der Waals surface area contributed by atoms with Gasteiger partial charge in [0.2, 0.25) is 0 Å². The van der Waals surface area contributed by atoms with Gasteiger partial charge in [0.1, 0.15) is 0 Å². The molecule has 0 aromatic carbocycles. The summed E-state index contributed by atoms with van der Waals surface area (Å²) in [7, 11) is 2.19. The van der Waals surface area contributed by atoms with Crippen molar-refractivity contribution in [2.45, 2.75) is 53.6 Å². The Labute approximate surface area is 114 Å². The molecule has 0 aliphatic rings. The SMILES string of the molecule is CCCNCC(C)(CC)CN(C)CCOC(C)C. The molecule has 1 atom stereocenters. The predicted octanol–water partition coefficient (Wildman–Crippen LogP) is 2.76. The summed E-state index contributed by atoms with van der Waals surface area (Å²) in [5, 5.41) is 3.55. The molecule has 0 bridgehead atoms. The maximum atomic E-state index is 5.60. The van der Waals surface area contributed by atoms with Gasteiger partial charge in [0.25, 0.3) is 0 Å². The van der Waals surface area contributed by atoms with Gasteiger partial charge in [0, 0.05) is 19.6 Å². The van der Waals surface area contributed by atoms with Crippen molar-refractivity contribution in [1.29, 1.82) is 0 Å². The molecule has 0 fully saturated rings. The lowest BCUT2D eigenvalue weighted by atomic mass is 9.87. The van der Waals surface area contributed by atoms with E-state index in [4.69, 9.17) is 4.74 Å². The first-order valence-electron chi connectivity index (χ1n) is 7.44. The molecule has 0 aliphatic heterocycles. The van der Waals surface area contributed by atoms with Gasteiger partial charge in [-0.1, -0.05) is 20.8 Å². The van der Waals surface area contributed by atoms with Gasteiger partial charge in [0.05, 0.1) is 12.7 Å². The second-order valence-electron chi connectivity index (χ2n) is 6.00. The molecule has 0 spiro atoms. The number of nitrogens with one attached hydrogen (secondary N) is 1. The van der Waals surface area contributed by atoms with E-state index >= 15 is 0 Å². The van der Waals surface area contributed by atoms with Crippen molar-refractivity contribution in [2.75, 3.05) is 39.8 Å². The summed E-state index contributed by atoms with van der Waals surface area (Å²) < 4.78 is 5.60. The monoisotopic (exact) mass is 258 g/mol. The second-order valence-corrected chi connectivity index (χ2v) is 6.00. The number of hydrogen-bond donors (Lipinski definition) is 1. The maximum Gasteiger partial charge on any atom is 0.0596 e. The van der Waals surface area contributed by atoms with E-state index < -0.39 is 0 Å². The lowest BCUT2D eigenvalue weighted by Gasteiger charge is -2.33. The van der Waals surface area contributed by atoms with Crippen LogP contribution in [0.4, 0.5) is 0 Å². The molecule has 0 aromatic rings. The average molecular weight is 258 g/mol. The molecular weight excluding hydrogens is 224 g/mol. The fraction of sp³-hybridized carbons (Fsp3) is 1.00. The Morgan fingerprint density at radius 2 is 1.94 bits per heavy atom. The van der Waals surface area contributed by atoms with Gasteiger partial charge in [-0.15, -0.1) is 0 Å². The summed E-state index contributed by atoms with van der Waals surface area (Å²) in [5.41, 5.74) is 0.363. The topological polar surface area (TPSA) is 24.5 Å². The van der Waals surface area contributed by atoms with Crippen molar-refractivity contribution in [3.63, 3.8) is 0 Å². The highest BCUT2D eigenvalue weighted by atomic mass is 16.5. The van der Waals surface area contributed by atoms with Crippen LogP contribution in [0.2, 0.25) is 0 Å². The fourth-order valence-corrected chi connectivity index (χ4v) is 2.03. The standard InChI is InChI=1S/C15H34N2O/c1-7-9-16-12-15(5,8-2)13-17(6)10-11-18-14(3)4/h14,16H,7-13H2,1-6H3. The predicted molar refractivity (Wildman–Crippen MR) is 80.1 cm³/mol. The van der Waals surface area contributed by atoms with Crippen LogP contribution in [0.25, 0.3) is 0 Å². The van der Waals surface area contributed by atoms with Crippen LogP contribution >= 0.6 is 0 Å². The normalized spacial score (nSPS) is 15.3. The highest BCUT2D eigenvalue weighted by molar-refractivity contribution is 4.78. The van der Waals surface area contributed by atoms with Gasteiger partial charge in [-0.3, -0.25) is 0 Å². The minimum atomic E-state index is 0.335. The van der Waals surface area contributed by atoms with Crippen molar-refractivity contribution in [3.05, 3.63) is 0 Å². The molecule has 18 heavy (non-hydrogen) atoms. The highest BCUT2D eigenvalue weighted by Gasteiger charge is 2.23. The molecule has 1 unspecified atom stereocenters. The Hall–Kier alpha value is -0.120. The number of hydrogen-bond acceptors (Lipinski definition) is 3. The zero-order chi connectivity index (χ0) is 14.0. The Morgan fingerprint density at radius 3 is 2.44 bits per heavy atom. The molecule has 0 aliphatic carbocycles. The lowest BCUT2D eigenvalue weighted by Crippen LogP contribution is -2.41. The molecule has 0 saturated heterocycles. The zero-order valence-electron chi connectivity index (χ0n) is 13.4. The molecule has 3 heteroatoms. The first kappa shape index (κ1) is 17.9. The zero-order valence-corrected chi connectivity index (χ0v) is 13.4. The summed E-state index contributed by atoms with van der Waals surface area (Å²) in [4.78, 5) is 2.39. The van der Waals surface area contributed by atoms with Gasteiger partial charge >= 0.3 is 0 Å². The highest BCUT2D eigenvalue weighted by Crippen LogP contribution is 2.21. The van der Waals surface area contributed by atoms with Crippen LogP contribution in [0.3, 0.4) is 0 Å². The summed E-state index contributed by atoms with van der Waals surface area (Å²) >= 11 is 0. The van der Waals surface area contributed by atoms with Crippen LogP contribution in [0.5, 0.6) is 0 Å². The van der Waals surface area contributed by atoms with E-state index in [1.165, 1.54) is 12.8 Å². The average Bonchev–Trinajstić information content (AvgIpc) is 2.28. The van der Waals surface area contributed by atoms with Crippen LogP contribution in [0.1, 0.15) is 47.5 Å². The maximum absolute atomic E-state index is 5.60. The van der Waals surface area contributed by atoms with E-state index in [1.807, 2.05) is 0 Å². The largest absolute Gasteiger partial charge is 0.377 e. The summed E-state index contributed by atoms with van der Waals surface area (Å²) in [6.45, 7) is 16.2. The van der Waals surface area contributed by atoms with Crippen molar-refractivity contribution >= 4 is 0 Å². The molecule has 0 aromatic heterocycles. The van der Waals surface area contributed by atoms with Gasteiger partial charge in [0.15, 0.2) is 0 Å². The van der Waals surface area contributed by atoms with E-state index in [9.17, 15) is 0 Å². The Bertz CT molecular complexity index is 197. The van der Waals surface area contributed by atoms with Gasteiger partial charge in [-0.05, 0) is 45.7 Å². The molecule has 0 radical (unpaired) electrons. The first-order valence-corrected chi connectivity index (χ1v) is 7.44. The molecule has 0 heterocycles. The van der Waals surface area contributed by atoms with E-state index in [1.54, 1.807) is 0 Å². The first-order chi connectivity index (χ1) is 8.43. The molecule has 1 N–H and O–H groups in total. The van der Waals surface area contributed by atoms with Crippen LogP contribution in [-0.2, 0) is 4.74 Å². The van der Waals surface area contributed by atoms with Gasteiger partial charge in [-0.2, -0.15) is 0 Å². The fourth-order valence-electron chi connectivity index (χ4n) is 2.03. The Morgan fingerprint density at radius 1 is 1.28 bits per heavy atom. The van der Waals surface area contributed by atoms with E-state index in [-0.39, 0.29) is 0 Å². The minimum absolute atomic E-state index is 0.335. The van der Waals surface area contributed by atoms with Crippen LogP contribution in [-0.4, -0.2) is 50.8 Å². The number of likely N-dealkylation sites (N-methyl/N-ethyl adjacent to an activating group) is 1. The summed E-state index contributed by atoms with van der Waals surface area (Å²) in [5.74, 6) is 0.